The molecule has 172 valence electrons. The van der Waals surface area contributed by atoms with E-state index < -0.39 is 0 Å². The van der Waals surface area contributed by atoms with E-state index >= 15 is 0 Å². The second-order valence-electron chi connectivity index (χ2n) is 7.96. The Morgan fingerprint density at radius 1 is 0.970 bits per heavy atom. The van der Waals surface area contributed by atoms with Gasteiger partial charge in [0.1, 0.15) is 11.5 Å². The Morgan fingerprint density at radius 3 is 2.52 bits per heavy atom. The zero-order valence-corrected chi connectivity index (χ0v) is 19.2. The van der Waals surface area contributed by atoms with Crippen molar-refractivity contribution in [2.45, 2.75) is 19.9 Å². The summed E-state index contributed by atoms with van der Waals surface area (Å²) in [5.74, 6) is 1.39. The molecule has 4 rings (SSSR count). The third kappa shape index (κ3) is 5.62. The number of ether oxygens (including phenoxy) is 2. The van der Waals surface area contributed by atoms with Gasteiger partial charge in [0, 0.05) is 26.2 Å². The van der Waals surface area contributed by atoms with Crippen LogP contribution in [0.1, 0.15) is 25.9 Å². The van der Waals surface area contributed by atoms with E-state index in [0.29, 0.717) is 25.4 Å². The van der Waals surface area contributed by atoms with Crippen LogP contribution in [0.2, 0.25) is 0 Å². The quantitative estimate of drug-likeness (QED) is 0.509. The lowest BCUT2D eigenvalue weighted by atomic mass is 9.91. The summed E-state index contributed by atoms with van der Waals surface area (Å²) in [6, 6.07) is 24.5. The number of rotatable bonds is 8. The Bertz CT molecular complexity index is 1150. The molecule has 0 fully saturated rings. The van der Waals surface area contributed by atoms with Crippen molar-refractivity contribution in [3.05, 3.63) is 89.5 Å². The van der Waals surface area contributed by atoms with E-state index in [1.807, 2.05) is 43.3 Å². The number of carbonyl (C=O) groups excluding carboxylic acids is 1. The summed E-state index contributed by atoms with van der Waals surface area (Å²) < 4.78 is 11.0. The van der Waals surface area contributed by atoms with Crippen LogP contribution in [0, 0.1) is 0 Å². The molecule has 0 saturated heterocycles. The number of methoxy groups -OCH3 is 1. The van der Waals surface area contributed by atoms with Crippen LogP contribution < -0.4 is 20.1 Å². The minimum absolute atomic E-state index is 0. The molecule has 0 atom stereocenters. The lowest BCUT2D eigenvalue weighted by Gasteiger charge is -2.22. The molecule has 0 saturated carbocycles. The summed E-state index contributed by atoms with van der Waals surface area (Å²) in [4.78, 5) is 13.2. The first-order valence-electron chi connectivity index (χ1n) is 11.4. The van der Waals surface area contributed by atoms with E-state index in [2.05, 4.69) is 47.0 Å². The summed E-state index contributed by atoms with van der Waals surface area (Å²) >= 11 is 0. The molecule has 1 amide bonds. The van der Waals surface area contributed by atoms with Gasteiger partial charge in [0.15, 0.2) is 0 Å². The Hall–Kier alpha value is -3.57. The van der Waals surface area contributed by atoms with Crippen LogP contribution in [-0.4, -0.2) is 32.7 Å². The first-order chi connectivity index (χ1) is 16.2. The highest BCUT2D eigenvalue weighted by Gasteiger charge is 2.20. The van der Waals surface area contributed by atoms with Gasteiger partial charge < -0.3 is 20.1 Å². The van der Waals surface area contributed by atoms with Crippen LogP contribution in [0.4, 0.5) is 0 Å². The van der Waals surface area contributed by atoms with Crippen LogP contribution in [0.5, 0.6) is 11.5 Å². The summed E-state index contributed by atoms with van der Waals surface area (Å²) in [6.07, 6.45) is 0.814. The second-order valence-corrected chi connectivity index (χ2v) is 7.96. The molecule has 0 radical (unpaired) electrons. The molecule has 33 heavy (non-hydrogen) atoms. The standard InChI is InChI=1S/C28H30N2O3.H2/c1-3-33-25-15-20(14-24(17-25)32-2)18-30-28(31)27-19-29-13-12-26(27)23-11-7-10-22(16-23)21-8-5-4-6-9-21;/h4-11,14-17,29H,3,12-13,18-19H2,1-2H3,(H,30,31);1H. The van der Waals surface area contributed by atoms with E-state index in [0.717, 1.165) is 46.6 Å². The van der Waals surface area contributed by atoms with Crippen LogP contribution in [0.15, 0.2) is 78.4 Å². The van der Waals surface area contributed by atoms with E-state index in [4.69, 9.17) is 9.47 Å². The van der Waals surface area contributed by atoms with Gasteiger partial charge in [0.2, 0.25) is 5.91 Å². The van der Waals surface area contributed by atoms with Gasteiger partial charge in [-0.2, -0.15) is 0 Å². The third-order valence-corrected chi connectivity index (χ3v) is 5.75. The minimum atomic E-state index is -0.0527. The fourth-order valence-electron chi connectivity index (χ4n) is 4.13. The Morgan fingerprint density at radius 2 is 1.73 bits per heavy atom. The van der Waals surface area contributed by atoms with E-state index in [-0.39, 0.29) is 7.33 Å². The maximum absolute atomic E-state index is 13.2. The number of hydrogen-bond donors (Lipinski definition) is 2. The van der Waals surface area contributed by atoms with Crippen LogP contribution >= 0.6 is 0 Å². The lowest BCUT2D eigenvalue weighted by molar-refractivity contribution is -0.117. The van der Waals surface area contributed by atoms with Crippen molar-refractivity contribution in [3.8, 4) is 22.6 Å². The van der Waals surface area contributed by atoms with Gasteiger partial charge in [0.05, 0.1) is 13.7 Å². The molecule has 3 aromatic rings. The maximum atomic E-state index is 13.2. The van der Waals surface area contributed by atoms with Crippen LogP contribution in [0.25, 0.3) is 16.7 Å². The fraction of sp³-hybridized carbons (Fsp3) is 0.250. The van der Waals surface area contributed by atoms with E-state index in [9.17, 15) is 4.79 Å². The molecule has 1 aliphatic rings. The van der Waals surface area contributed by atoms with Gasteiger partial charge in [-0.1, -0.05) is 48.5 Å². The zero-order chi connectivity index (χ0) is 23.0. The molecule has 0 bridgehead atoms. The molecule has 2 N–H and O–H groups in total. The molecule has 1 aliphatic heterocycles. The van der Waals surface area contributed by atoms with E-state index in [1.165, 1.54) is 5.56 Å². The van der Waals surface area contributed by atoms with Crippen LogP contribution in [-0.2, 0) is 11.3 Å². The van der Waals surface area contributed by atoms with Gasteiger partial charge in [-0.25, -0.2) is 0 Å². The van der Waals surface area contributed by atoms with Crippen molar-refractivity contribution in [2.24, 2.45) is 0 Å². The largest absolute Gasteiger partial charge is 0.497 e. The first-order valence-corrected chi connectivity index (χ1v) is 11.4. The van der Waals surface area contributed by atoms with Gasteiger partial charge >= 0.3 is 0 Å². The van der Waals surface area contributed by atoms with Crippen molar-refractivity contribution < 1.29 is 15.7 Å². The number of hydrogen-bond acceptors (Lipinski definition) is 4. The molecule has 0 spiro atoms. The average Bonchev–Trinajstić information content (AvgIpc) is 2.88. The van der Waals surface area contributed by atoms with Gasteiger partial charge in [-0.05, 0) is 65.9 Å². The fourth-order valence-corrected chi connectivity index (χ4v) is 4.13. The predicted molar refractivity (Wildman–Crippen MR) is 134 cm³/mol. The van der Waals surface area contributed by atoms with Crippen LogP contribution in [0.3, 0.4) is 0 Å². The Labute approximate surface area is 196 Å². The minimum Gasteiger partial charge on any atom is -0.497 e. The summed E-state index contributed by atoms with van der Waals surface area (Å²) in [5, 5.41) is 6.43. The van der Waals surface area contributed by atoms with Gasteiger partial charge in [-0.3, -0.25) is 4.79 Å². The average molecular weight is 445 g/mol. The Kier molecular flexibility index (Phi) is 7.43. The molecule has 3 aromatic carbocycles. The van der Waals surface area contributed by atoms with Crippen molar-refractivity contribution in [3.63, 3.8) is 0 Å². The van der Waals surface area contributed by atoms with Crippen molar-refractivity contribution in [1.29, 1.82) is 0 Å². The molecule has 5 nitrogen and oxygen atoms in total. The van der Waals surface area contributed by atoms with Crippen molar-refractivity contribution >= 4 is 11.5 Å². The predicted octanol–water partition coefficient (Wildman–Crippen LogP) is 5.07. The van der Waals surface area contributed by atoms with E-state index in [1.54, 1.807) is 7.11 Å². The molecule has 1 heterocycles. The van der Waals surface area contributed by atoms with Crippen molar-refractivity contribution in [2.75, 3.05) is 26.8 Å². The summed E-state index contributed by atoms with van der Waals surface area (Å²) in [7, 11) is 1.63. The smallest absolute Gasteiger partial charge is 0.249 e. The summed E-state index contributed by atoms with van der Waals surface area (Å²) in [5.41, 5.74) is 6.25. The number of carbonyl (C=O) groups is 1. The second kappa shape index (κ2) is 10.8. The topological polar surface area (TPSA) is 59.6 Å². The zero-order valence-electron chi connectivity index (χ0n) is 19.2. The monoisotopic (exact) mass is 444 g/mol. The highest BCUT2D eigenvalue weighted by Crippen LogP contribution is 2.29. The van der Waals surface area contributed by atoms with Gasteiger partial charge in [0.25, 0.3) is 0 Å². The highest BCUT2D eigenvalue weighted by molar-refractivity contribution is 6.02. The van der Waals surface area contributed by atoms with Crippen molar-refractivity contribution in [1.82, 2.24) is 10.6 Å². The molecular weight excluding hydrogens is 412 g/mol. The molecular formula is C28H32N2O3. The summed E-state index contributed by atoms with van der Waals surface area (Å²) in [6.45, 7) is 4.33. The number of amides is 1. The SMILES string of the molecule is CCOc1cc(CNC(=O)C2=C(c3cccc(-c4ccccc4)c3)CCNC2)cc(OC)c1.[HH]. The molecule has 5 heteroatoms. The highest BCUT2D eigenvalue weighted by atomic mass is 16.5. The third-order valence-electron chi connectivity index (χ3n) is 5.75. The lowest BCUT2D eigenvalue weighted by Crippen LogP contribution is -2.34. The molecule has 0 aromatic heterocycles. The van der Waals surface area contributed by atoms with Gasteiger partial charge in [-0.15, -0.1) is 0 Å². The normalized spacial score (nSPS) is 13.5. The Balaban J connectivity index is 0.00000324. The molecule has 0 aliphatic carbocycles. The maximum Gasteiger partial charge on any atom is 0.249 e. The first kappa shape index (κ1) is 22.6. The number of benzene rings is 3. The molecule has 0 unspecified atom stereocenters. The number of nitrogens with one attached hydrogen (secondary N) is 2.